The monoisotopic (exact) mass is 381 g/mol. The molecule has 0 saturated carbocycles. The first-order chi connectivity index (χ1) is 13.5. The van der Waals surface area contributed by atoms with Gasteiger partial charge in [0, 0.05) is 45.7 Å². The number of ether oxygens (including phenoxy) is 1. The molecule has 0 unspecified atom stereocenters. The van der Waals surface area contributed by atoms with E-state index in [2.05, 4.69) is 15.0 Å². The summed E-state index contributed by atoms with van der Waals surface area (Å²) in [6.07, 6.45) is 0. The lowest BCUT2D eigenvalue weighted by atomic mass is 10.1. The second-order valence-electron chi connectivity index (χ2n) is 6.80. The van der Waals surface area contributed by atoms with Gasteiger partial charge in [-0.2, -0.15) is 10.1 Å². The zero-order chi connectivity index (χ0) is 19.8. The normalized spacial score (nSPS) is 14.5. The van der Waals surface area contributed by atoms with E-state index in [0.717, 1.165) is 22.4 Å². The predicted octanol–water partition coefficient (Wildman–Crippen LogP) is 1.29. The van der Waals surface area contributed by atoms with Crippen LogP contribution in [-0.4, -0.2) is 63.8 Å². The molecule has 0 aliphatic carbocycles. The molecule has 9 heteroatoms. The van der Waals surface area contributed by atoms with Crippen molar-refractivity contribution in [3.63, 3.8) is 0 Å². The highest BCUT2D eigenvalue weighted by Crippen LogP contribution is 2.33. The summed E-state index contributed by atoms with van der Waals surface area (Å²) in [4.78, 5) is 25.0. The molecule has 1 saturated heterocycles. The topological polar surface area (TPSA) is 102 Å². The van der Waals surface area contributed by atoms with E-state index in [0.29, 0.717) is 43.6 Å². The van der Waals surface area contributed by atoms with E-state index in [1.165, 1.54) is 0 Å². The number of aromatic nitrogens is 4. The molecule has 28 heavy (non-hydrogen) atoms. The van der Waals surface area contributed by atoms with Crippen molar-refractivity contribution in [1.82, 2.24) is 24.6 Å². The quantitative estimate of drug-likeness (QED) is 0.729. The molecule has 0 radical (unpaired) electrons. The first-order valence-electron chi connectivity index (χ1n) is 9.13. The summed E-state index contributed by atoms with van der Waals surface area (Å²) in [6, 6.07) is 7.69. The third-order valence-corrected chi connectivity index (χ3v) is 5.08. The van der Waals surface area contributed by atoms with Crippen LogP contribution in [0, 0.1) is 0 Å². The van der Waals surface area contributed by atoms with E-state index in [1.54, 1.807) is 25.8 Å². The van der Waals surface area contributed by atoms with E-state index in [-0.39, 0.29) is 5.91 Å². The van der Waals surface area contributed by atoms with E-state index < -0.39 is 0 Å². The van der Waals surface area contributed by atoms with Crippen LogP contribution in [-0.2, 0) is 11.8 Å². The Morgan fingerprint density at radius 3 is 2.61 bits per heavy atom. The Hall–Kier alpha value is -3.36. The standard InChI is InChI=1S/C19H23N7O2/c1-12(27)25-7-9-26(10-8-25)19-21-16(13-5-4-6-14(11-13)28-3)15-17(20)24(2)23-18(15)22-19/h4-6,11H,7-10,20H2,1-3H3. The maximum absolute atomic E-state index is 11.6. The third-order valence-electron chi connectivity index (χ3n) is 5.08. The van der Waals surface area contributed by atoms with E-state index in [9.17, 15) is 4.79 Å². The summed E-state index contributed by atoms with van der Waals surface area (Å²) >= 11 is 0. The molecule has 1 aliphatic rings. The summed E-state index contributed by atoms with van der Waals surface area (Å²) in [7, 11) is 3.42. The second kappa shape index (κ2) is 6.99. The summed E-state index contributed by atoms with van der Waals surface area (Å²) in [5.41, 5.74) is 8.42. The minimum Gasteiger partial charge on any atom is -0.497 e. The van der Waals surface area contributed by atoms with Crippen molar-refractivity contribution in [2.75, 3.05) is 43.9 Å². The predicted molar refractivity (Wildman–Crippen MR) is 107 cm³/mol. The van der Waals surface area contributed by atoms with Crippen molar-refractivity contribution in [2.45, 2.75) is 6.92 Å². The summed E-state index contributed by atoms with van der Waals surface area (Å²) in [5, 5.41) is 5.18. The van der Waals surface area contributed by atoms with E-state index in [4.69, 9.17) is 15.5 Å². The Bertz CT molecular complexity index is 1040. The van der Waals surface area contributed by atoms with Crippen LogP contribution >= 0.6 is 0 Å². The summed E-state index contributed by atoms with van der Waals surface area (Å²) in [6.45, 7) is 4.23. The minimum absolute atomic E-state index is 0.0885. The number of anilines is 2. The number of aryl methyl sites for hydroxylation is 1. The number of carbonyl (C=O) groups excluding carboxylic acids is 1. The highest BCUT2D eigenvalue weighted by atomic mass is 16.5. The highest BCUT2D eigenvalue weighted by Gasteiger charge is 2.24. The Labute approximate surface area is 162 Å². The average molecular weight is 381 g/mol. The van der Waals surface area contributed by atoms with Crippen molar-refractivity contribution in [1.29, 1.82) is 0 Å². The van der Waals surface area contributed by atoms with Gasteiger partial charge in [-0.3, -0.25) is 9.48 Å². The molecule has 146 valence electrons. The molecule has 0 atom stereocenters. The Morgan fingerprint density at radius 2 is 1.93 bits per heavy atom. The van der Waals surface area contributed by atoms with Gasteiger partial charge in [0.1, 0.15) is 11.6 Å². The lowest BCUT2D eigenvalue weighted by Gasteiger charge is -2.34. The lowest BCUT2D eigenvalue weighted by Crippen LogP contribution is -2.48. The molecular formula is C19H23N7O2. The van der Waals surface area contributed by atoms with Crippen LogP contribution in [0.25, 0.3) is 22.3 Å². The van der Waals surface area contributed by atoms with Gasteiger partial charge in [-0.15, -0.1) is 0 Å². The van der Waals surface area contributed by atoms with Crippen LogP contribution in [0.5, 0.6) is 5.75 Å². The number of piperazine rings is 1. The van der Waals surface area contributed by atoms with Gasteiger partial charge in [-0.25, -0.2) is 4.98 Å². The number of methoxy groups -OCH3 is 1. The van der Waals surface area contributed by atoms with Gasteiger partial charge in [0.25, 0.3) is 0 Å². The molecule has 0 spiro atoms. The number of nitrogens with two attached hydrogens (primary N) is 1. The SMILES string of the molecule is COc1cccc(-c2nc(N3CCN(C(C)=O)CC3)nc3nn(C)c(N)c23)c1. The first kappa shape index (κ1) is 18.0. The van der Waals surface area contributed by atoms with Gasteiger partial charge in [0.15, 0.2) is 5.65 Å². The minimum atomic E-state index is 0.0885. The van der Waals surface area contributed by atoms with Gasteiger partial charge in [0.2, 0.25) is 11.9 Å². The molecule has 0 bridgehead atoms. The van der Waals surface area contributed by atoms with Gasteiger partial charge < -0.3 is 20.3 Å². The average Bonchev–Trinajstić information content (AvgIpc) is 3.01. The van der Waals surface area contributed by atoms with Crippen molar-refractivity contribution in [2.24, 2.45) is 7.05 Å². The van der Waals surface area contributed by atoms with Crippen LogP contribution in [0.2, 0.25) is 0 Å². The number of amides is 1. The van der Waals surface area contributed by atoms with Crippen molar-refractivity contribution in [3.05, 3.63) is 24.3 Å². The smallest absolute Gasteiger partial charge is 0.228 e. The third kappa shape index (κ3) is 3.08. The fraction of sp³-hybridized carbons (Fsp3) is 0.368. The van der Waals surface area contributed by atoms with Crippen LogP contribution < -0.4 is 15.4 Å². The lowest BCUT2D eigenvalue weighted by molar-refractivity contribution is -0.129. The van der Waals surface area contributed by atoms with Crippen LogP contribution in [0.1, 0.15) is 6.92 Å². The number of nitrogen functional groups attached to an aromatic ring is 1. The number of benzene rings is 1. The van der Waals surface area contributed by atoms with E-state index in [1.807, 2.05) is 29.2 Å². The Balaban J connectivity index is 1.80. The Morgan fingerprint density at radius 1 is 1.18 bits per heavy atom. The van der Waals surface area contributed by atoms with Crippen LogP contribution in [0.3, 0.4) is 0 Å². The molecule has 1 amide bonds. The summed E-state index contributed by atoms with van der Waals surface area (Å²) < 4.78 is 6.97. The van der Waals surface area contributed by atoms with Gasteiger partial charge >= 0.3 is 0 Å². The molecule has 3 heterocycles. The number of fused-ring (bicyclic) bond motifs is 1. The molecular weight excluding hydrogens is 358 g/mol. The maximum Gasteiger partial charge on any atom is 0.228 e. The fourth-order valence-corrected chi connectivity index (χ4v) is 3.45. The van der Waals surface area contributed by atoms with Crippen molar-refractivity contribution >= 4 is 28.7 Å². The van der Waals surface area contributed by atoms with Crippen LogP contribution in [0.4, 0.5) is 11.8 Å². The molecule has 3 aromatic rings. The maximum atomic E-state index is 11.6. The van der Waals surface area contributed by atoms with Gasteiger partial charge in [0.05, 0.1) is 18.2 Å². The molecule has 2 N–H and O–H groups in total. The first-order valence-corrected chi connectivity index (χ1v) is 9.13. The second-order valence-corrected chi connectivity index (χ2v) is 6.80. The van der Waals surface area contributed by atoms with Crippen molar-refractivity contribution in [3.8, 4) is 17.0 Å². The zero-order valence-corrected chi connectivity index (χ0v) is 16.2. The number of hydrogen-bond donors (Lipinski definition) is 1. The number of nitrogens with zero attached hydrogens (tertiary/aromatic N) is 6. The van der Waals surface area contributed by atoms with Crippen LogP contribution in [0.15, 0.2) is 24.3 Å². The van der Waals surface area contributed by atoms with E-state index >= 15 is 0 Å². The molecule has 9 nitrogen and oxygen atoms in total. The zero-order valence-electron chi connectivity index (χ0n) is 16.2. The molecule has 4 rings (SSSR count). The Kier molecular flexibility index (Phi) is 4.50. The molecule has 1 fully saturated rings. The fourth-order valence-electron chi connectivity index (χ4n) is 3.45. The molecule has 1 aliphatic heterocycles. The van der Waals surface area contributed by atoms with Gasteiger partial charge in [-0.1, -0.05) is 12.1 Å². The molecule has 1 aromatic carbocycles. The van der Waals surface area contributed by atoms with Gasteiger partial charge in [-0.05, 0) is 12.1 Å². The highest BCUT2D eigenvalue weighted by molar-refractivity contribution is 5.99. The number of hydrogen-bond acceptors (Lipinski definition) is 7. The molecule has 2 aromatic heterocycles. The largest absolute Gasteiger partial charge is 0.497 e. The summed E-state index contributed by atoms with van der Waals surface area (Å²) in [5.74, 6) is 1.93. The van der Waals surface area contributed by atoms with Crippen molar-refractivity contribution < 1.29 is 9.53 Å². The number of rotatable bonds is 3. The number of carbonyl (C=O) groups is 1.